The zero-order chi connectivity index (χ0) is 9.84. The first-order valence-electron chi connectivity index (χ1n) is 4.13. The summed E-state index contributed by atoms with van der Waals surface area (Å²) in [5, 5.41) is 1.55. The monoisotopic (exact) mass is 264 g/mol. The molecule has 0 aliphatic heterocycles. The number of hydrogen-bond acceptors (Lipinski definition) is 0. The fourth-order valence-corrected chi connectivity index (χ4v) is 1.55. The van der Waals surface area contributed by atoms with E-state index in [2.05, 4.69) is 22.9 Å². The molecule has 3 heteroatoms. The Kier molecular flexibility index (Phi) is 4.20. The molecule has 0 aromatic heterocycles. The molecule has 0 bridgehead atoms. The van der Waals surface area contributed by atoms with E-state index in [4.69, 9.17) is 11.6 Å². The van der Waals surface area contributed by atoms with Gasteiger partial charge < -0.3 is 0 Å². The topological polar surface area (TPSA) is 0 Å². The smallest absolute Gasteiger partial charge is 0.123 e. The van der Waals surface area contributed by atoms with Gasteiger partial charge in [0.05, 0.1) is 0 Å². The van der Waals surface area contributed by atoms with Crippen molar-refractivity contribution in [3.63, 3.8) is 0 Å². The highest BCUT2D eigenvalue weighted by molar-refractivity contribution is 9.09. The van der Waals surface area contributed by atoms with E-state index in [-0.39, 0.29) is 5.82 Å². The van der Waals surface area contributed by atoms with Crippen LogP contribution in [-0.2, 0) is 6.42 Å². The van der Waals surface area contributed by atoms with Gasteiger partial charge in [0, 0.05) is 10.4 Å². The van der Waals surface area contributed by atoms with Crippen LogP contribution in [0.15, 0.2) is 18.2 Å². The van der Waals surface area contributed by atoms with Crippen LogP contribution in [0.2, 0.25) is 5.02 Å². The van der Waals surface area contributed by atoms with Crippen LogP contribution in [-0.4, -0.2) is 5.33 Å². The molecule has 0 saturated carbocycles. The van der Waals surface area contributed by atoms with E-state index in [9.17, 15) is 4.39 Å². The van der Waals surface area contributed by atoms with Gasteiger partial charge in [0.25, 0.3) is 0 Å². The van der Waals surface area contributed by atoms with Crippen molar-refractivity contribution in [2.24, 2.45) is 5.92 Å². The molecule has 1 rings (SSSR count). The third kappa shape index (κ3) is 3.28. The standard InChI is InChI=1S/C10H11BrClF/c1-7(6-11)4-8-5-9(13)2-3-10(8)12/h2-3,5,7H,4,6H2,1H3. The Labute approximate surface area is 91.2 Å². The molecular weight excluding hydrogens is 254 g/mol. The highest BCUT2D eigenvalue weighted by Crippen LogP contribution is 2.20. The van der Waals surface area contributed by atoms with Gasteiger partial charge in [-0.15, -0.1) is 0 Å². The van der Waals surface area contributed by atoms with Gasteiger partial charge in [-0.2, -0.15) is 0 Å². The Morgan fingerprint density at radius 1 is 1.54 bits per heavy atom. The van der Waals surface area contributed by atoms with Crippen LogP contribution >= 0.6 is 27.5 Å². The van der Waals surface area contributed by atoms with Gasteiger partial charge in [-0.05, 0) is 36.1 Å². The fraction of sp³-hybridized carbons (Fsp3) is 0.400. The molecule has 72 valence electrons. The summed E-state index contributed by atoms with van der Waals surface area (Å²) in [5.41, 5.74) is 0.883. The van der Waals surface area contributed by atoms with Crippen LogP contribution in [0, 0.1) is 11.7 Å². The maximum Gasteiger partial charge on any atom is 0.123 e. The van der Waals surface area contributed by atoms with E-state index in [1.165, 1.54) is 12.1 Å². The van der Waals surface area contributed by atoms with E-state index in [0.717, 1.165) is 17.3 Å². The lowest BCUT2D eigenvalue weighted by Gasteiger charge is -2.08. The molecule has 1 aromatic carbocycles. The lowest BCUT2D eigenvalue weighted by atomic mass is 10.0. The van der Waals surface area contributed by atoms with Crippen molar-refractivity contribution in [1.29, 1.82) is 0 Å². The second-order valence-corrected chi connectivity index (χ2v) is 4.25. The zero-order valence-corrected chi connectivity index (χ0v) is 9.70. The molecule has 13 heavy (non-hydrogen) atoms. The normalized spacial score (nSPS) is 12.9. The maximum atomic E-state index is 12.8. The van der Waals surface area contributed by atoms with Gasteiger partial charge in [0.2, 0.25) is 0 Å². The average Bonchev–Trinajstić information content (AvgIpc) is 2.11. The van der Waals surface area contributed by atoms with Crippen LogP contribution in [0.5, 0.6) is 0 Å². The van der Waals surface area contributed by atoms with E-state index in [1.807, 2.05) is 0 Å². The van der Waals surface area contributed by atoms with Crippen molar-refractivity contribution in [1.82, 2.24) is 0 Å². The first-order valence-corrected chi connectivity index (χ1v) is 5.63. The minimum absolute atomic E-state index is 0.221. The molecule has 0 spiro atoms. The number of alkyl halides is 1. The van der Waals surface area contributed by atoms with E-state index < -0.39 is 0 Å². The predicted molar refractivity (Wildman–Crippen MR) is 58.1 cm³/mol. The van der Waals surface area contributed by atoms with Crippen molar-refractivity contribution in [2.45, 2.75) is 13.3 Å². The first-order chi connectivity index (χ1) is 6.13. The van der Waals surface area contributed by atoms with Crippen LogP contribution in [0.3, 0.4) is 0 Å². The van der Waals surface area contributed by atoms with Gasteiger partial charge in [-0.3, -0.25) is 0 Å². The molecule has 0 aliphatic rings. The average molecular weight is 266 g/mol. The Morgan fingerprint density at radius 2 is 2.23 bits per heavy atom. The van der Waals surface area contributed by atoms with Gasteiger partial charge in [-0.1, -0.05) is 34.5 Å². The Hall–Kier alpha value is -0.0800. The zero-order valence-electron chi connectivity index (χ0n) is 7.36. The number of hydrogen-bond donors (Lipinski definition) is 0. The summed E-state index contributed by atoms with van der Waals surface area (Å²) < 4.78 is 12.8. The van der Waals surface area contributed by atoms with Crippen LogP contribution < -0.4 is 0 Å². The molecule has 1 aromatic rings. The molecule has 0 amide bonds. The Morgan fingerprint density at radius 3 is 2.85 bits per heavy atom. The van der Waals surface area contributed by atoms with E-state index in [0.29, 0.717) is 10.9 Å². The number of benzene rings is 1. The second-order valence-electron chi connectivity index (χ2n) is 3.20. The van der Waals surface area contributed by atoms with E-state index >= 15 is 0 Å². The largest absolute Gasteiger partial charge is 0.207 e. The summed E-state index contributed by atoms with van der Waals surface area (Å²) in [7, 11) is 0. The second kappa shape index (κ2) is 4.97. The minimum atomic E-state index is -0.221. The molecular formula is C10H11BrClF. The summed E-state index contributed by atoms with van der Waals surface area (Å²) in [5.74, 6) is 0.250. The van der Waals surface area contributed by atoms with Crippen molar-refractivity contribution in [3.8, 4) is 0 Å². The third-order valence-corrected chi connectivity index (χ3v) is 3.31. The molecule has 0 radical (unpaired) electrons. The van der Waals surface area contributed by atoms with Crippen LogP contribution in [0.4, 0.5) is 4.39 Å². The van der Waals surface area contributed by atoms with Crippen molar-refractivity contribution in [3.05, 3.63) is 34.6 Å². The highest BCUT2D eigenvalue weighted by Gasteiger charge is 2.06. The first kappa shape index (κ1) is 11.0. The van der Waals surface area contributed by atoms with Crippen molar-refractivity contribution in [2.75, 3.05) is 5.33 Å². The summed E-state index contributed by atoms with van der Waals surface area (Å²) in [6.07, 6.45) is 0.807. The van der Waals surface area contributed by atoms with Gasteiger partial charge in [-0.25, -0.2) is 4.39 Å². The fourth-order valence-electron chi connectivity index (χ4n) is 1.13. The molecule has 1 unspecified atom stereocenters. The molecule has 0 N–H and O–H groups in total. The third-order valence-electron chi connectivity index (χ3n) is 1.84. The molecule has 0 aliphatic carbocycles. The predicted octanol–water partition coefficient (Wildman–Crippen LogP) is 4.05. The molecule has 0 saturated heterocycles. The van der Waals surface area contributed by atoms with Gasteiger partial charge >= 0.3 is 0 Å². The minimum Gasteiger partial charge on any atom is -0.207 e. The SMILES string of the molecule is CC(CBr)Cc1cc(F)ccc1Cl. The van der Waals surface area contributed by atoms with E-state index in [1.54, 1.807) is 6.07 Å². The maximum absolute atomic E-state index is 12.8. The Bertz CT molecular complexity index is 288. The molecule has 0 heterocycles. The molecule has 0 nitrogen and oxygen atoms in total. The Balaban J connectivity index is 2.81. The number of halogens is 3. The molecule has 0 fully saturated rings. The van der Waals surface area contributed by atoms with Crippen LogP contribution in [0.25, 0.3) is 0 Å². The van der Waals surface area contributed by atoms with Gasteiger partial charge in [0.1, 0.15) is 5.82 Å². The lowest BCUT2D eigenvalue weighted by molar-refractivity contribution is 0.616. The number of rotatable bonds is 3. The lowest BCUT2D eigenvalue weighted by Crippen LogP contribution is -2.01. The van der Waals surface area contributed by atoms with Crippen molar-refractivity contribution >= 4 is 27.5 Å². The summed E-state index contributed by atoms with van der Waals surface area (Å²) in [4.78, 5) is 0. The summed E-state index contributed by atoms with van der Waals surface area (Å²) in [6.45, 7) is 2.09. The summed E-state index contributed by atoms with van der Waals surface area (Å²) >= 11 is 9.29. The molecule has 1 atom stereocenters. The van der Waals surface area contributed by atoms with Crippen molar-refractivity contribution < 1.29 is 4.39 Å². The highest BCUT2D eigenvalue weighted by atomic mass is 79.9. The van der Waals surface area contributed by atoms with Gasteiger partial charge in [0.15, 0.2) is 0 Å². The summed E-state index contributed by atoms with van der Waals surface area (Å²) in [6, 6.07) is 4.49. The quantitative estimate of drug-likeness (QED) is 0.723. The van der Waals surface area contributed by atoms with Crippen LogP contribution in [0.1, 0.15) is 12.5 Å².